The number of rotatable bonds is 6. The van der Waals surface area contributed by atoms with Gasteiger partial charge in [-0.3, -0.25) is 4.79 Å². The van der Waals surface area contributed by atoms with Crippen molar-refractivity contribution in [2.45, 2.75) is 45.6 Å². The van der Waals surface area contributed by atoms with E-state index in [1.165, 1.54) is 12.1 Å². The third-order valence-corrected chi connectivity index (χ3v) is 4.84. The molecule has 0 spiro atoms. The van der Waals surface area contributed by atoms with E-state index in [4.69, 9.17) is 12.2 Å². The molecule has 0 aliphatic carbocycles. The predicted molar refractivity (Wildman–Crippen MR) is 103 cm³/mol. The summed E-state index contributed by atoms with van der Waals surface area (Å²) in [6.07, 6.45) is 1.99. The zero-order valence-electron chi connectivity index (χ0n) is 15.2. The summed E-state index contributed by atoms with van der Waals surface area (Å²) in [6.45, 7) is 8.00. The first-order chi connectivity index (χ1) is 11.9. The fourth-order valence-electron chi connectivity index (χ4n) is 3.17. The predicted octanol–water partition coefficient (Wildman–Crippen LogP) is 3.04. The molecule has 2 atom stereocenters. The number of hydrogen-bond donors (Lipinski definition) is 2. The van der Waals surface area contributed by atoms with Crippen molar-refractivity contribution in [1.82, 2.24) is 15.5 Å². The largest absolute Gasteiger partial charge is 0.360 e. The third-order valence-electron chi connectivity index (χ3n) is 4.46. The number of thiocarbonyl (C=S) groups is 1. The Morgan fingerprint density at radius 3 is 2.80 bits per heavy atom. The Morgan fingerprint density at radius 1 is 1.40 bits per heavy atom. The van der Waals surface area contributed by atoms with E-state index in [-0.39, 0.29) is 29.6 Å². The van der Waals surface area contributed by atoms with Crippen LogP contribution in [0.3, 0.4) is 0 Å². The molecule has 25 heavy (non-hydrogen) atoms. The lowest BCUT2D eigenvalue weighted by molar-refractivity contribution is -0.124. The Bertz CT molecular complexity index is 608. The molecule has 0 radical (unpaired) electrons. The number of amides is 1. The summed E-state index contributed by atoms with van der Waals surface area (Å²) < 4.78 is 13.7. The van der Waals surface area contributed by atoms with E-state index in [0.29, 0.717) is 24.7 Å². The van der Waals surface area contributed by atoms with E-state index >= 15 is 0 Å². The van der Waals surface area contributed by atoms with Crippen LogP contribution < -0.4 is 10.6 Å². The summed E-state index contributed by atoms with van der Waals surface area (Å²) in [7, 11) is 0. The summed E-state index contributed by atoms with van der Waals surface area (Å²) in [5.41, 5.74) is 0.852. The second-order valence-corrected chi connectivity index (χ2v) is 7.31. The van der Waals surface area contributed by atoms with Gasteiger partial charge in [0.15, 0.2) is 5.11 Å². The van der Waals surface area contributed by atoms with Crippen molar-refractivity contribution in [2.24, 2.45) is 5.92 Å². The molecule has 2 rings (SSSR count). The molecule has 2 N–H and O–H groups in total. The van der Waals surface area contributed by atoms with Gasteiger partial charge in [0, 0.05) is 31.6 Å². The Morgan fingerprint density at radius 2 is 2.16 bits per heavy atom. The second kappa shape index (κ2) is 9.13. The highest BCUT2D eigenvalue weighted by Crippen LogP contribution is 2.33. The Kier molecular flexibility index (Phi) is 7.17. The molecule has 4 nitrogen and oxygen atoms in total. The van der Waals surface area contributed by atoms with Crippen molar-refractivity contribution in [3.8, 4) is 0 Å². The van der Waals surface area contributed by atoms with Gasteiger partial charge in [-0.15, -0.1) is 0 Å². The highest BCUT2D eigenvalue weighted by atomic mass is 32.1. The molecular weight excluding hydrogens is 337 g/mol. The maximum atomic E-state index is 13.7. The van der Waals surface area contributed by atoms with Crippen molar-refractivity contribution in [3.63, 3.8) is 0 Å². The van der Waals surface area contributed by atoms with Crippen molar-refractivity contribution in [2.75, 3.05) is 19.6 Å². The minimum Gasteiger partial charge on any atom is -0.360 e. The summed E-state index contributed by atoms with van der Waals surface area (Å²) in [4.78, 5) is 14.7. The molecule has 6 heteroatoms. The van der Waals surface area contributed by atoms with E-state index in [9.17, 15) is 9.18 Å². The van der Waals surface area contributed by atoms with Crippen molar-refractivity contribution < 1.29 is 9.18 Å². The number of halogens is 1. The van der Waals surface area contributed by atoms with Crippen LogP contribution in [0.5, 0.6) is 0 Å². The molecule has 0 aromatic heterocycles. The van der Waals surface area contributed by atoms with Gasteiger partial charge in [-0.25, -0.2) is 4.39 Å². The molecule has 1 heterocycles. The Labute approximate surface area is 155 Å². The lowest BCUT2D eigenvalue weighted by atomic mass is 9.88. The highest BCUT2D eigenvalue weighted by molar-refractivity contribution is 7.80. The fourth-order valence-corrected chi connectivity index (χ4v) is 3.55. The van der Waals surface area contributed by atoms with Gasteiger partial charge in [-0.05, 0) is 50.2 Å². The number of nitrogens with zero attached hydrogens (tertiary/aromatic N) is 1. The minimum absolute atomic E-state index is 0.0255. The lowest BCUT2D eigenvalue weighted by Crippen LogP contribution is -2.42. The van der Waals surface area contributed by atoms with E-state index in [1.54, 1.807) is 6.07 Å². The summed E-state index contributed by atoms with van der Waals surface area (Å²) in [5.74, 6) is -0.545. The molecule has 1 aromatic rings. The molecule has 1 fully saturated rings. The van der Waals surface area contributed by atoms with Crippen LogP contribution in [-0.2, 0) is 4.79 Å². The Hall–Kier alpha value is -1.69. The van der Waals surface area contributed by atoms with Crippen LogP contribution in [0.1, 0.15) is 45.1 Å². The second-order valence-electron chi connectivity index (χ2n) is 6.92. The summed E-state index contributed by atoms with van der Waals surface area (Å²) in [5, 5.41) is 6.90. The maximum absolute atomic E-state index is 13.7. The first kappa shape index (κ1) is 19.6. The van der Waals surface area contributed by atoms with Crippen molar-refractivity contribution in [1.29, 1.82) is 0 Å². The first-order valence-electron chi connectivity index (χ1n) is 9.01. The standard InChI is InChI=1S/C19H28FN3OS/c1-4-5-9-21-18(24)17-12-23(19(25)22-13(2)3)11-16(17)14-7-6-8-15(20)10-14/h6-8,10,13,16-17H,4-5,9,11-12H2,1-3H3,(H,21,24)(H,22,25)/t16-,17+/m0/s1. The number of unbranched alkanes of at least 4 members (excludes halogenated alkanes) is 1. The van der Waals surface area contributed by atoms with E-state index in [0.717, 1.165) is 18.4 Å². The average molecular weight is 366 g/mol. The summed E-state index contributed by atoms with van der Waals surface area (Å²) in [6, 6.07) is 6.78. The fraction of sp³-hybridized carbons (Fsp3) is 0.579. The molecular formula is C19H28FN3OS. The van der Waals surface area contributed by atoms with Gasteiger partial charge in [-0.2, -0.15) is 0 Å². The smallest absolute Gasteiger partial charge is 0.225 e. The molecule has 1 saturated heterocycles. The lowest BCUT2D eigenvalue weighted by Gasteiger charge is -2.22. The van der Waals surface area contributed by atoms with Crippen LogP contribution in [0, 0.1) is 11.7 Å². The van der Waals surface area contributed by atoms with Gasteiger partial charge in [0.2, 0.25) is 5.91 Å². The molecule has 1 aliphatic rings. The van der Waals surface area contributed by atoms with Gasteiger partial charge in [0.1, 0.15) is 5.82 Å². The monoisotopic (exact) mass is 365 g/mol. The van der Waals surface area contributed by atoms with Gasteiger partial charge in [0.25, 0.3) is 0 Å². The van der Waals surface area contributed by atoms with Crippen LogP contribution in [0.25, 0.3) is 0 Å². The first-order valence-corrected chi connectivity index (χ1v) is 9.41. The van der Waals surface area contributed by atoms with Crippen LogP contribution in [0.2, 0.25) is 0 Å². The SMILES string of the molecule is CCCCNC(=O)[C@@H]1CN(C(=S)NC(C)C)C[C@H]1c1cccc(F)c1. The third kappa shape index (κ3) is 5.39. The number of hydrogen-bond acceptors (Lipinski definition) is 2. The molecule has 138 valence electrons. The average Bonchev–Trinajstić information content (AvgIpc) is 3.00. The number of likely N-dealkylation sites (tertiary alicyclic amines) is 1. The molecule has 0 saturated carbocycles. The topological polar surface area (TPSA) is 44.4 Å². The van der Waals surface area contributed by atoms with Gasteiger partial charge in [0.05, 0.1) is 5.92 Å². The maximum Gasteiger partial charge on any atom is 0.225 e. The van der Waals surface area contributed by atoms with E-state index in [1.807, 2.05) is 24.8 Å². The molecule has 0 unspecified atom stereocenters. The van der Waals surface area contributed by atoms with Crippen LogP contribution in [0.15, 0.2) is 24.3 Å². The van der Waals surface area contributed by atoms with E-state index in [2.05, 4.69) is 17.6 Å². The number of benzene rings is 1. The molecule has 1 amide bonds. The van der Waals surface area contributed by atoms with Crippen LogP contribution >= 0.6 is 12.2 Å². The highest BCUT2D eigenvalue weighted by Gasteiger charge is 2.39. The van der Waals surface area contributed by atoms with E-state index < -0.39 is 0 Å². The van der Waals surface area contributed by atoms with Crippen LogP contribution in [-0.4, -0.2) is 41.6 Å². The van der Waals surface area contributed by atoms with Gasteiger partial charge in [-0.1, -0.05) is 25.5 Å². The molecule has 1 aromatic carbocycles. The Balaban J connectivity index is 2.16. The number of nitrogens with one attached hydrogen (secondary N) is 2. The van der Waals surface area contributed by atoms with Crippen LogP contribution in [0.4, 0.5) is 4.39 Å². The number of carbonyl (C=O) groups excluding carboxylic acids is 1. The van der Waals surface area contributed by atoms with Crippen molar-refractivity contribution >= 4 is 23.2 Å². The quantitative estimate of drug-likeness (QED) is 0.601. The molecule has 1 aliphatic heterocycles. The zero-order valence-corrected chi connectivity index (χ0v) is 16.0. The zero-order chi connectivity index (χ0) is 18.4. The normalized spacial score (nSPS) is 20.0. The van der Waals surface area contributed by atoms with Crippen molar-refractivity contribution in [3.05, 3.63) is 35.6 Å². The van der Waals surface area contributed by atoms with Gasteiger partial charge < -0.3 is 15.5 Å². The number of carbonyl (C=O) groups is 1. The summed E-state index contributed by atoms with van der Waals surface area (Å²) >= 11 is 5.47. The van der Waals surface area contributed by atoms with Gasteiger partial charge >= 0.3 is 0 Å². The minimum atomic E-state index is -0.274. The molecule has 0 bridgehead atoms.